The molecule has 0 spiro atoms. The van der Waals surface area contributed by atoms with Gasteiger partial charge in [0.05, 0.1) is 11.7 Å². The highest BCUT2D eigenvalue weighted by Gasteiger charge is 2.40. The average molecular weight is 415 g/mol. The van der Waals surface area contributed by atoms with E-state index in [1.54, 1.807) is 29.3 Å². The Balaban J connectivity index is 1.60. The van der Waals surface area contributed by atoms with Crippen molar-refractivity contribution >= 4 is 17.3 Å². The molecule has 3 aromatic rings. The van der Waals surface area contributed by atoms with E-state index in [1.807, 2.05) is 12.1 Å². The van der Waals surface area contributed by atoms with Crippen LogP contribution in [0.3, 0.4) is 0 Å². The van der Waals surface area contributed by atoms with E-state index >= 15 is 0 Å². The minimum absolute atomic E-state index is 0.268. The van der Waals surface area contributed by atoms with E-state index in [-0.39, 0.29) is 11.9 Å². The number of hydrazine groups is 1. The van der Waals surface area contributed by atoms with Crippen LogP contribution in [-0.2, 0) is 0 Å². The molecule has 3 aromatic carbocycles. The standard InChI is InChI=1S/C22H14ClF3N2O/c23-14-4-8-21-16(10-14)20-11-19(12-1-5-15(24)6-2-12)27-28(20)22(29-21)13-3-7-17(25)18(26)9-13/h1-11,20,22,27H. The van der Waals surface area contributed by atoms with Gasteiger partial charge in [0, 0.05) is 16.1 Å². The van der Waals surface area contributed by atoms with Gasteiger partial charge in [0.1, 0.15) is 11.6 Å². The van der Waals surface area contributed by atoms with E-state index in [4.69, 9.17) is 16.3 Å². The molecule has 0 bridgehead atoms. The van der Waals surface area contributed by atoms with E-state index in [1.165, 1.54) is 18.2 Å². The van der Waals surface area contributed by atoms with Gasteiger partial charge in [-0.2, -0.15) is 5.01 Å². The van der Waals surface area contributed by atoms with Crippen molar-refractivity contribution in [1.82, 2.24) is 10.4 Å². The molecule has 3 nitrogen and oxygen atoms in total. The number of rotatable bonds is 2. The second-order valence-electron chi connectivity index (χ2n) is 6.88. The first-order valence-corrected chi connectivity index (χ1v) is 9.31. The summed E-state index contributed by atoms with van der Waals surface area (Å²) in [7, 11) is 0. The molecule has 2 unspecified atom stereocenters. The van der Waals surface area contributed by atoms with Gasteiger partial charge in [-0.15, -0.1) is 0 Å². The first-order chi connectivity index (χ1) is 14.0. The third kappa shape index (κ3) is 3.14. The summed E-state index contributed by atoms with van der Waals surface area (Å²) < 4.78 is 46.7. The molecule has 2 heterocycles. The fourth-order valence-corrected chi connectivity index (χ4v) is 3.83. The normalized spacial score (nSPS) is 20.3. The van der Waals surface area contributed by atoms with Crippen LogP contribution in [0.2, 0.25) is 5.02 Å². The SMILES string of the molecule is Fc1ccc(C2=CC3c4cc(Cl)ccc4OC(c4ccc(F)c(F)c4)N3N2)cc1. The Morgan fingerprint density at radius 3 is 2.45 bits per heavy atom. The lowest BCUT2D eigenvalue weighted by atomic mass is 10.0. The lowest BCUT2D eigenvalue weighted by Crippen LogP contribution is -2.43. The fourth-order valence-electron chi connectivity index (χ4n) is 3.65. The summed E-state index contributed by atoms with van der Waals surface area (Å²) in [6, 6.07) is 14.8. The summed E-state index contributed by atoms with van der Waals surface area (Å²) in [5.74, 6) is -1.60. The van der Waals surface area contributed by atoms with E-state index in [9.17, 15) is 13.2 Å². The maximum atomic E-state index is 13.9. The van der Waals surface area contributed by atoms with E-state index < -0.39 is 17.9 Å². The Labute approximate surface area is 169 Å². The van der Waals surface area contributed by atoms with E-state index in [2.05, 4.69) is 5.43 Å². The average Bonchev–Trinajstić information content (AvgIpc) is 3.16. The molecule has 5 rings (SSSR count). The van der Waals surface area contributed by atoms with Crippen LogP contribution in [0.5, 0.6) is 5.75 Å². The molecule has 146 valence electrons. The number of nitrogens with zero attached hydrogens (tertiary/aromatic N) is 1. The predicted molar refractivity (Wildman–Crippen MR) is 103 cm³/mol. The molecule has 0 amide bonds. The van der Waals surface area contributed by atoms with Gasteiger partial charge in [-0.05, 0) is 66.2 Å². The van der Waals surface area contributed by atoms with Crippen LogP contribution >= 0.6 is 11.6 Å². The van der Waals surface area contributed by atoms with Crippen LogP contribution in [0, 0.1) is 17.5 Å². The van der Waals surface area contributed by atoms with Crippen LogP contribution < -0.4 is 10.2 Å². The lowest BCUT2D eigenvalue weighted by Gasteiger charge is -2.39. The number of halogens is 4. The molecule has 0 aliphatic carbocycles. The van der Waals surface area contributed by atoms with Gasteiger partial charge in [0.2, 0.25) is 0 Å². The van der Waals surface area contributed by atoms with Gasteiger partial charge < -0.3 is 10.2 Å². The zero-order valence-electron chi connectivity index (χ0n) is 14.9. The van der Waals surface area contributed by atoms with Crippen molar-refractivity contribution in [2.24, 2.45) is 0 Å². The smallest absolute Gasteiger partial charge is 0.196 e. The molecule has 29 heavy (non-hydrogen) atoms. The van der Waals surface area contributed by atoms with Gasteiger partial charge in [0.15, 0.2) is 17.9 Å². The van der Waals surface area contributed by atoms with Crippen molar-refractivity contribution in [3.63, 3.8) is 0 Å². The molecule has 2 aliphatic rings. The van der Waals surface area contributed by atoms with Crippen LogP contribution in [0.1, 0.15) is 29.0 Å². The second-order valence-corrected chi connectivity index (χ2v) is 7.31. The fraction of sp³-hybridized carbons (Fsp3) is 0.0909. The molecular weight excluding hydrogens is 401 g/mol. The molecule has 0 saturated heterocycles. The Hall–Kier alpha value is -2.96. The Morgan fingerprint density at radius 2 is 1.69 bits per heavy atom. The zero-order chi connectivity index (χ0) is 20.1. The molecular formula is C22H14ClF3N2O. The van der Waals surface area contributed by atoms with Crippen LogP contribution in [0.15, 0.2) is 66.7 Å². The maximum Gasteiger partial charge on any atom is 0.196 e. The first kappa shape index (κ1) is 18.1. The van der Waals surface area contributed by atoms with Gasteiger partial charge in [-0.1, -0.05) is 17.7 Å². The summed E-state index contributed by atoms with van der Waals surface area (Å²) in [6.45, 7) is 0. The topological polar surface area (TPSA) is 24.5 Å². The van der Waals surface area contributed by atoms with Crippen molar-refractivity contribution in [3.05, 3.63) is 106 Å². The van der Waals surface area contributed by atoms with Crippen LogP contribution in [0.4, 0.5) is 13.2 Å². The molecule has 7 heteroatoms. The van der Waals surface area contributed by atoms with Crippen LogP contribution in [-0.4, -0.2) is 5.01 Å². The number of nitrogens with one attached hydrogen (secondary N) is 1. The largest absolute Gasteiger partial charge is 0.469 e. The highest BCUT2D eigenvalue weighted by Crippen LogP contribution is 2.46. The number of benzene rings is 3. The summed E-state index contributed by atoms with van der Waals surface area (Å²) in [6.07, 6.45) is 1.26. The maximum absolute atomic E-state index is 13.9. The summed E-state index contributed by atoms with van der Waals surface area (Å²) in [5.41, 5.74) is 6.08. The molecule has 0 saturated carbocycles. The number of hydrogen-bond donors (Lipinski definition) is 1. The molecule has 1 N–H and O–H groups in total. The Kier molecular flexibility index (Phi) is 4.26. The minimum Gasteiger partial charge on any atom is -0.469 e. The number of hydrogen-bond acceptors (Lipinski definition) is 3. The van der Waals surface area contributed by atoms with E-state index in [0.717, 1.165) is 29.0 Å². The zero-order valence-corrected chi connectivity index (χ0v) is 15.6. The second kappa shape index (κ2) is 6.83. The van der Waals surface area contributed by atoms with Crippen molar-refractivity contribution < 1.29 is 17.9 Å². The van der Waals surface area contributed by atoms with E-state index in [0.29, 0.717) is 16.3 Å². The Morgan fingerprint density at radius 1 is 0.897 bits per heavy atom. The first-order valence-electron chi connectivity index (χ1n) is 8.93. The monoisotopic (exact) mass is 414 g/mol. The lowest BCUT2D eigenvalue weighted by molar-refractivity contribution is -0.0328. The molecule has 2 atom stereocenters. The van der Waals surface area contributed by atoms with Crippen molar-refractivity contribution in [2.45, 2.75) is 12.3 Å². The third-order valence-electron chi connectivity index (χ3n) is 5.04. The van der Waals surface area contributed by atoms with Crippen LogP contribution in [0.25, 0.3) is 5.70 Å². The highest BCUT2D eigenvalue weighted by atomic mass is 35.5. The highest BCUT2D eigenvalue weighted by molar-refractivity contribution is 6.30. The van der Waals surface area contributed by atoms with Gasteiger partial charge >= 0.3 is 0 Å². The van der Waals surface area contributed by atoms with Crippen molar-refractivity contribution in [2.75, 3.05) is 0 Å². The summed E-state index contributed by atoms with van der Waals surface area (Å²) >= 11 is 6.18. The van der Waals surface area contributed by atoms with Gasteiger partial charge in [-0.3, -0.25) is 0 Å². The van der Waals surface area contributed by atoms with Gasteiger partial charge in [-0.25, -0.2) is 13.2 Å². The molecule has 2 aliphatic heterocycles. The van der Waals surface area contributed by atoms with Crippen molar-refractivity contribution in [3.8, 4) is 5.75 Å². The predicted octanol–water partition coefficient (Wildman–Crippen LogP) is 5.75. The minimum atomic E-state index is -0.949. The Bertz CT molecular complexity index is 1130. The number of fused-ring (bicyclic) bond motifs is 3. The van der Waals surface area contributed by atoms with Crippen molar-refractivity contribution in [1.29, 1.82) is 0 Å². The third-order valence-corrected chi connectivity index (χ3v) is 5.27. The number of ether oxygens (including phenoxy) is 1. The molecule has 0 fully saturated rings. The quantitative estimate of drug-likeness (QED) is 0.577. The molecule has 0 aromatic heterocycles. The summed E-state index contributed by atoms with van der Waals surface area (Å²) in [5, 5.41) is 2.35. The van der Waals surface area contributed by atoms with Gasteiger partial charge in [0.25, 0.3) is 0 Å². The summed E-state index contributed by atoms with van der Waals surface area (Å²) in [4.78, 5) is 0. The molecule has 0 radical (unpaired) electrons.